The number of aliphatic carboxylic acids is 2. The van der Waals surface area contributed by atoms with E-state index in [4.69, 9.17) is 25.5 Å². The molecule has 0 saturated carbocycles. The molecule has 1 aliphatic rings. The molecule has 1 aliphatic heterocycles. The molecule has 0 unspecified atom stereocenters. The Balaban J connectivity index is 0.000000612. The molecule has 0 spiro atoms. The molecule has 1 aromatic carbocycles. The summed E-state index contributed by atoms with van der Waals surface area (Å²) >= 11 is 0. The summed E-state index contributed by atoms with van der Waals surface area (Å²) in [6.07, 6.45) is -3.97. The second kappa shape index (κ2) is 9.87. The maximum absolute atomic E-state index is 12.5. The number of anilines is 1. The van der Waals surface area contributed by atoms with E-state index < -0.39 is 48.6 Å². The van der Waals surface area contributed by atoms with Gasteiger partial charge in [-0.3, -0.25) is 14.5 Å². The van der Waals surface area contributed by atoms with Crippen LogP contribution in [0.1, 0.15) is 18.9 Å². The molecule has 0 aromatic heterocycles. The molecule has 2 amide bonds. The summed E-state index contributed by atoms with van der Waals surface area (Å²) in [5.41, 5.74) is 7.01. The first-order chi connectivity index (χ1) is 13.4. The Labute approximate surface area is 163 Å². The Morgan fingerprint density at radius 3 is 2.24 bits per heavy atom. The van der Waals surface area contributed by atoms with E-state index in [-0.39, 0.29) is 6.42 Å². The van der Waals surface area contributed by atoms with Crippen molar-refractivity contribution in [3.63, 3.8) is 0 Å². The summed E-state index contributed by atoms with van der Waals surface area (Å²) in [5.74, 6) is -4.95. The Morgan fingerprint density at radius 2 is 1.76 bits per heavy atom. The molecule has 0 aliphatic carbocycles. The van der Waals surface area contributed by atoms with Gasteiger partial charge in [-0.2, -0.15) is 13.2 Å². The molecule has 0 radical (unpaired) electrons. The predicted octanol–water partition coefficient (Wildman–Crippen LogP) is 0.516. The summed E-state index contributed by atoms with van der Waals surface area (Å²) in [6.45, 7) is 0.295. The standard InChI is InChI=1S/C15H18F3N3O2.C2H2O4/c1-2-10(19)14(23)21-11-6-4-3-5-9(11)7-12(21)13(22)20-8-15(16,17)18;3-1(4)2(5)6/h3-6,10,12H,2,7-8,19H2,1H3,(H,20,22);(H,3,4)(H,5,6)/t10-,12-;/m0./s1. The minimum absolute atomic E-state index is 0.169. The molecule has 2 rings (SSSR count). The van der Waals surface area contributed by atoms with Gasteiger partial charge in [0, 0.05) is 12.1 Å². The number of nitrogens with one attached hydrogen (secondary N) is 1. The first-order valence-corrected chi connectivity index (χ1v) is 8.36. The third kappa shape index (κ3) is 6.75. The zero-order valence-corrected chi connectivity index (χ0v) is 15.3. The number of nitrogens with two attached hydrogens (primary N) is 1. The summed E-state index contributed by atoms with van der Waals surface area (Å²) in [4.78, 5) is 44.0. The van der Waals surface area contributed by atoms with Gasteiger partial charge in [-0.1, -0.05) is 25.1 Å². The number of carbonyl (C=O) groups excluding carboxylic acids is 2. The number of nitrogens with zero attached hydrogens (tertiary/aromatic N) is 1. The van der Waals surface area contributed by atoms with E-state index in [2.05, 4.69) is 0 Å². The van der Waals surface area contributed by atoms with Crippen LogP contribution in [-0.4, -0.2) is 58.8 Å². The van der Waals surface area contributed by atoms with Gasteiger partial charge in [0.25, 0.3) is 0 Å². The number of para-hydroxylation sites is 1. The average Bonchev–Trinajstić information content (AvgIpc) is 3.04. The van der Waals surface area contributed by atoms with Crippen molar-refractivity contribution < 1.29 is 42.6 Å². The third-order valence-electron chi connectivity index (χ3n) is 3.92. The van der Waals surface area contributed by atoms with Crippen LogP contribution in [0.25, 0.3) is 0 Å². The molecule has 29 heavy (non-hydrogen) atoms. The highest BCUT2D eigenvalue weighted by Gasteiger charge is 2.40. The van der Waals surface area contributed by atoms with Crippen molar-refractivity contribution in [1.82, 2.24) is 5.32 Å². The molecular formula is C17H20F3N3O6. The highest BCUT2D eigenvalue weighted by molar-refractivity contribution is 6.27. The van der Waals surface area contributed by atoms with Crippen molar-refractivity contribution in [2.45, 2.75) is 38.0 Å². The average molecular weight is 419 g/mol. The lowest BCUT2D eigenvalue weighted by Gasteiger charge is -2.27. The minimum Gasteiger partial charge on any atom is -0.473 e. The lowest BCUT2D eigenvalue weighted by Crippen LogP contribution is -2.53. The van der Waals surface area contributed by atoms with Crippen LogP contribution >= 0.6 is 0 Å². The molecule has 1 aromatic rings. The number of halogens is 3. The molecule has 0 fully saturated rings. The fourth-order valence-corrected chi connectivity index (χ4v) is 2.53. The third-order valence-corrected chi connectivity index (χ3v) is 3.92. The monoisotopic (exact) mass is 419 g/mol. The molecular weight excluding hydrogens is 399 g/mol. The van der Waals surface area contributed by atoms with Crippen LogP contribution in [0.2, 0.25) is 0 Å². The number of carboxylic acid groups (broad SMARTS) is 2. The van der Waals surface area contributed by atoms with Gasteiger partial charge in [0.2, 0.25) is 11.8 Å². The largest absolute Gasteiger partial charge is 0.473 e. The van der Waals surface area contributed by atoms with Gasteiger partial charge in [-0.05, 0) is 18.1 Å². The van der Waals surface area contributed by atoms with E-state index in [0.717, 1.165) is 5.56 Å². The second-order valence-electron chi connectivity index (χ2n) is 6.01. The summed E-state index contributed by atoms with van der Waals surface area (Å²) < 4.78 is 36.9. The van der Waals surface area contributed by atoms with E-state index in [1.54, 1.807) is 31.2 Å². The van der Waals surface area contributed by atoms with Crippen LogP contribution in [0.4, 0.5) is 18.9 Å². The van der Waals surface area contributed by atoms with Crippen LogP contribution in [0.15, 0.2) is 24.3 Å². The van der Waals surface area contributed by atoms with Gasteiger partial charge in [-0.15, -0.1) is 0 Å². The number of amides is 2. The van der Waals surface area contributed by atoms with Crippen LogP contribution in [0.3, 0.4) is 0 Å². The van der Waals surface area contributed by atoms with E-state index in [1.165, 1.54) is 4.90 Å². The van der Waals surface area contributed by atoms with Crippen molar-refractivity contribution in [2.75, 3.05) is 11.4 Å². The number of benzene rings is 1. The Kier molecular flexibility index (Phi) is 8.13. The number of hydrogen-bond acceptors (Lipinski definition) is 5. The first kappa shape index (κ1) is 23.9. The van der Waals surface area contributed by atoms with Crippen LogP contribution in [0, 0.1) is 0 Å². The zero-order valence-electron chi connectivity index (χ0n) is 15.3. The quantitative estimate of drug-likeness (QED) is 0.520. The van der Waals surface area contributed by atoms with Crippen LogP contribution < -0.4 is 16.0 Å². The van der Waals surface area contributed by atoms with E-state index in [0.29, 0.717) is 12.1 Å². The summed E-state index contributed by atoms with van der Waals surface area (Å²) in [7, 11) is 0. The molecule has 9 nitrogen and oxygen atoms in total. The highest BCUT2D eigenvalue weighted by atomic mass is 19.4. The van der Waals surface area contributed by atoms with Gasteiger partial charge in [-0.25, -0.2) is 9.59 Å². The minimum atomic E-state index is -4.50. The molecule has 160 valence electrons. The number of carbonyl (C=O) groups is 4. The van der Waals surface area contributed by atoms with Crippen molar-refractivity contribution in [1.29, 1.82) is 0 Å². The topological polar surface area (TPSA) is 150 Å². The number of rotatable bonds is 4. The van der Waals surface area contributed by atoms with Crippen LogP contribution in [0.5, 0.6) is 0 Å². The number of alkyl halides is 3. The van der Waals surface area contributed by atoms with Crippen molar-refractivity contribution >= 4 is 29.4 Å². The lowest BCUT2D eigenvalue weighted by atomic mass is 10.1. The smallest absolute Gasteiger partial charge is 0.414 e. The van der Waals surface area contributed by atoms with Crippen molar-refractivity contribution in [3.05, 3.63) is 29.8 Å². The normalized spacial score (nSPS) is 16.2. The molecule has 1 heterocycles. The summed E-state index contributed by atoms with van der Waals surface area (Å²) in [5, 5.41) is 16.6. The van der Waals surface area contributed by atoms with Gasteiger partial charge in [0.05, 0.1) is 6.04 Å². The highest BCUT2D eigenvalue weighted by Crippen LogP contribution is 2.32. The number of fused-ring (bicyclic) bond motifs is 1. The molecule has 12 heteroatoms. The van der Waals surface area contributed by atoms with Gasteiger partial charge < -0.3 is 21.3 Å². The second-order valence-corrected chi connectivity index (χ2v) is 6.01. The molecule has 0 saturated heterocycles. The number of hydrogen-bond donors (Lipinski definition) is 4. The molecule has 2 atom stereocenters. The molecule has 0 bridgehead atoms. The zero-order chi connectivity index (χ0) is 22.4. The SMILES string of the molecule is CC[C@H](N)C(=O)N1c2ccccc2C[C@H]1C(=O)NCC(F)(F)F.O=C(O)C(=O)O. The first-order valence-electron chi connectivity index (χ1n) is 8.36. The predicted molar refractivity (Wildman–Crippen MR) is 94.0 cm³/mol. The van der Waals surface area contributed by atoms with Gasteiger partial charge in [0.1, 0.15) is 12.6 Å². The van der Waals surface area contributed by atoms with Crippen LogP contribution in [-0.2, 0) is 25.6 Å². The number of carboxylic acids is 2. The van der Waals surface area contributed by atoms with E-state index in [1.807, 2.05) is 5.32 Å². The Bertz CT molecular complexity index is 772. The maximum Gasteiger partial charge on any atom is 0.414 e. The maximum atomic E-state index is 12.5. The Morgan fingerprint density at radius 1 is 1.21 bits per heavy atom. The Hall–Kier alpha value is -3.15. The lowest BCUT2D eigenvalue weighted by molar-refractivity contribution is -0.159. The van der Waals surface area contributed by atoms with E-state index >= 15 is 0 Å². The fraction of sp³-hybridized carbons (Fsp3) is 0.412. The van der Waals surface area contributed by atoms with Crippen molar-refractivity contribution in [3.8, 4) is 0 Å². The molecule has 5 N–H and O–H groups in total. The fourth-order valence-electron chi connectivity index (χ4n) is 2.53. The van der Waals surface area contributed by atoms with Gasteiger partial charge in [0.15, 0.2) is 0 Å². The van der Waals surface area contributed by atoms with E-state index in [9.17, 15) is 22.8 Å². The summed E-state index contributed by atoms with van der Waals surface area (Å²) in [6, 6.07) is 5.03. The van der Waals surface area contributed by atoms with Gasteiger partial charge >= 0.3 is 18.1 Å². The van der Waals surface area contributed by atoms with Crippen molar-refractivity contribution in [2.24, 2.45) is 5.73 Å².